The minimum Gasteiger partial charge on any atom is -0.377 e. The summed E-state index contributed by atoms with van der Waals surface area (Å²) in [6.07, 6.45) is 3.14. The Labute approximate surface area is 135 Å². The average Bonchev–Trinajstić information content (AvgIpc) is 2.77. The molecule has 0 bridgehead atoms. The standard InChI is InChI=1S/C15H22N4O4/c1-11-7-17-8-12(18-11)14(21)19-4-5-23-10-15(9-19,22-3)6-13(20)16-2/h7-8H,4-6,9-10H2,1-3H3,(H,16,20)/t15-/m0/s1. The Hall–Kier alpha value is -2.06. The third kappa shape index (κ3) is 4.23. The number of amides is 2. The number of aromatic nitrogens is 2. The Morgan fingerprint density at radius 2 is 2.26 bits per heavy atom. The van der Waals surface area contributed by atoms with Crippen LogP contribution in [0, 0.1) is 6.92 Å². The molecule has 23 heavy (non-hydrogen) atoms. The number of hydrogen-bond acceptors (Lipinski definition) is 6. The molecule has 8 nitrogen and oxygen atoms in total. The van der Waals surface area contributed by atoms with Gasteiger partial charge in [0.05, 0.1) is 38.1 Å². The Kier molecular flexibility index (Phi) is 5.62. The van der Waals surface area contributed by atoms with Gasteiger partial charge in [-0.25, -0.2) is 4.98 Å². The van der Waals surface area contributed by atoms with Crippen molar-refractivity contribution in [2.45, 2.75) is 18.9 Å². The molecule has 1 N–H and O–H groups in total. The molecule has 2 amide bonds. The highest BCUT2D eigenvalue weighted by Gasteiger charge is 2.39. The van der Waals surface area contributed by atoms with Gasteiger partial charge in [0.25, 0.3) is 5.91 Å². The second-order valence-electron chi connectivity index (χ2n) is 5.56. The van der Waals surface area contributed by atoms with Gasteiger partial charge in [-0.1, -0.05) is 0 Å². The molecule has 126 valence electrons. The van der Waals surface area contributed by atoms with Crippen molar-refractivity contribution in [1.82, 2.24) is 20.2 Å². The van der Waals surface area contributed by atoms with E-state index in [4.69, 9.17) is 9.47 Å². The van der Waals surface area contributed by atoms with E-state index in [0.29, 0.717) is 18.8 Å². The number of hydrogen-bond donors (Lipinski definition) is 1. The van der Waals surface area contributed by atoms with Gasteiger partial charge < -0.3 is 19.7 Å². The maximum atomic E-state index is 12.7. The van der Waals surface area contributed by atoms with Crippen LogP contribution in [0.1, 0.15) is 22.6 Å². The lowest BCUT2D eigenvalue weighted by Gasteiger charge is -2.33. The Bertz CT molecular complexity index is 580. The highest BCUT2D eigenvalue weighted by molar-refractivity contribution is 5.92. The van der Waals surface area contributed by atoms with Gasteiger partial charge in [-0.15, -0.1) is 0 Å². The van der Waals surface area contributed by atoms with E-state index in [2.05, 4.69) is 15.3 Å². The molecule has 1 aliphatic heterocycles. The van der Waals surface area contributed by atoms with Crippen LogP contribution in [-0.4, -0.2) is 72.7 Å². The monoisotopic (exact) mass is 322 g/mol. The van der Waals surface area contributed by atoms with E-state index in [1.807, 2.05) is 0 Å². The van der Waals surface area contributed by atoms with Gasteiger partial charge in [-0.05, 0) is 6.92 Å². The maximum absolute atomic E-state index is 12.7. The SMILES string of the molecule is CNC(=O)C[C@@]1(OC)COCCN(C(=O)c2cncc(C)n2)C1. The molecule has 0 spiro atoms. The number of methoxy groups -OCH3 is 1. The predicted octanol–water partition coefficient (Wildman–Crippen LogP) is -0.221. The van der Waals surface area contributed by atoms with E-state index >= 15 is 0 Å². The first-order valence-corrected chi connectivity index (χ1v) is 7.41. The molecule has 1 aromatic heterocycles. The molecular weight excluding hydrogens is 300 g/mol. The lowest BCUT2D eigenvalue weighted by Crippen LogP contribution is -2.50. The summed E-state index contributed by atoms with van der Waals surface area (Å²) < 4.78 is 11.1. The quantitative estimate of drug-likeness (QED) is 0.823. The lowest BCUT2D eigenvalue weighted by atomic mass is 9.99. The molecule has 8 heteroatoms. The number of aryl methyl sites for hydroxylation is 1. The summed E-state index contributed by atoms with van der Waals surface area (Å²) in [6, 6.07) is 0. The fourth-order valence-corrected chi connectivity index (χ4v) is 2.49. The van der Waals surface area contributed by atoms with Crippen molar-refractivity contribution >= 4 is 11.8 Å². The fraction of sp³-hybridized carbons (Fsp3) is 0.600. The maximum Gasteiger partial charge on any atom is 0.274 e. The number of nitrogens with one attached hydrogen (secondary N) is 1. The topological polar surface area (TPSA) is 93.7 Å². The molecule has 0 aromatic carbocycles. The molecule has 1 saturated heterocycles. The number of carbonyl (C=O) groups excluding carboxylic acids is 2. The zero-order valence-electron chi connectivity index (χ0n) is 13.7. The largest absolute Gasteiger partial charge is 0.377 e. The first kappa shape index (κ1) is 17.3. The summed E-state index contributed by atoms with van der Waals surface area (Å²) in [5, 5.41) is 2.57. The predicted molar refractivity (Wildman–Crippen MR) is 81.9 cm³/mol. The molecule has 0 unspecified atom stereocenters. The smallest absolute Gasteiger partial charge is 0.274 e. The summed E-state index contributed by atoms with van der Waals surface area (Å²) in [4.78, 5) is 34.3. The Morgan fingerprint density at radius 1 is 1.48 bits per heavy atom. The number of rotatable bonds is 4. The number of carbonyl (C=O) groups is 2. The van der Waals surface area contributed by atoms with E-state index < -0.39 is 5.60 Å². The van der Waals surface area contributed by atoms with Crippen LogP contribution >= 0.6 is 0 Å². The molecule has 2 rings (SSSR count). The van der Waals surface area contributed by atoms with Crippen molar-refractivity contribution in [3.8, 4) is 0 Å². The van der Waals surface area contributed by atoms with E-state index in [9.17, 15) is 9.59 Å². The van der Waals surface area contributed by atoms with Crippen LogP contribution in [0.25, 0.3) is 0 Å². The molecule has 2 heterocycles. The first-order valence-electron chi connectivity index (χ1n) is 7.41. The summed E-state index contributed by atoms with van der Waals surface area (Å²) in [5.41, 5.74) is 0.0749. The fourth-order valence-electron chi connectivity index (χ4n) is 2.49. The van der Waals surface area contributed by atoms with Gasteiger partial charge in [0.2, 0.25) is 5.91 Å². The second-order valence-corrected chi connectivity index (χ2v) is 5.56. The first-order chi connectivity index (χ1) is 11.0. The zero-order valence-corrected chi connectivity index (χ0v) is 13.7. The van der Waals surface area contributed by atoms with E-state index in [1.165, 1.54) is 13.3 Å². The van der Waals surface area contributed by atoms with Crippen LogP contribution in [-0.2, 0) is 14.3 Å². The summed E-state index contributed by atoms with van der Waals surface area (Å²) in [5.74, 6) is -0.412. The Balaban J connectivity index is 2.21. The lowest BCUT2D eigenvalue weighted by molar-refractivity contribution is -0.131. The number of nitrogens with zero attached hydrogens (tertiary/aromatic N) is 3. The zero-order chi connectivity index (χ0) is 16.9. The van der Waals surface area contributed by atoms with E-state index in [0.717, 1.165) is 0 Å². The minimum atomic E-state index is -0.872. The third-order valence-electron chi connectivity index (χ3n) is 3.81. The van der Waals surface area contributed by atoms with Gasteiger partial charge in [0.15, 0.2) is 0 Å². The van der Waals surface area contributed by atoms with Crippen molar-refractivity contribution in [1.29, 1.82) is 0 Å². The molecule has 1 aromatic rings. The summed E-state index contributed by atoms with van der Waals surface area (Å²) >= 11 is 0. The van der Waals surface area contributed by atoms with Crippen LogP contribution < -0.4 is 5.32 Å². The van der Waals surface area contributed by atoms with Crippen LogP contribution in [0.4, 0.5) is 0 Å². The van der Waals surface area contributed by atoms with Gasteiger partial charge in [0.1, 0.15) is 11.3 Å². The molecule has 1 aliphatic rings. The van der Waals surface area contributed by atoms with Crippen molar-refractivity contribution in [3.05, 3.63) is 23.8 Å². The van der Waals surface area contributed by atoms with Crippen LogP contribution in [0.5, 0.6) is 0 Å². The number of ether oxygens (including phenoxy) is 2. The molecule has 1 atom stereocenters. The van der Waals surface area contributed by atoms with Gasteiger partial charge >= 0.3 is 0 Å². The van der Waals surface area contributed by atoms with Crippen LogP contribution in [0.3, 0.4) is 0 Å². The third-order valence-corrected chi connectivity index (χ3v) is 3.81. The van der Waals surface area contributed by atoms with Crippen molar-refractivity contribution in [3.63, 3.8) is 0 Å². The van der Waals surface area contributed by atoms with Crippen LogP contribution in [0.2, 0.25) is 0 Å². The van der Waals surface area contributed by atoms with Crippen molar-refractivity contribution < 1.29 is 19.1 Å². The van der Waals surface area contributed by atoms with Crippen LogP contribution in [0.15, 0.2) is 12.4 Å². The van der Waals surface area contributed by atoms with Gasteiger partial charge in [0, 0.05) is 26.9 Å². The molecule has 0 saturated carbocycles. The molecule has 0 aliphatic carbocycles. The van der Waals surface area contributed by atoms with Crippen molar-refractivity contribution in [2.75, 3.05) is 40.5 Å². The second kappa shape index (κ2) is 7.47. The molecule has 0 radical (unpaired) electrons. The molecular formula is C15H22N4O4. The van der Waals surface area contributed by atoms with Gasteiger partial charge in [-0.2, -0.15) is 0 Å². The molecule has 1 fully saturated rings. The average molecular weight is 322 g/mol. The highest BCUT2D eigenvalue weighted by Crippen LogP contribution is 2.21. The van der Waals surface area contributed by atoms with Crippen molar-refractivity contribution in [2.24, 2.45) is 0 Å². The summed E-state index contributed by atoms with van der Waals surface area (Å²) in [6.45, 7) is 3.07. The van der Waals surface area contributed by atoms with E-state index in [-0.39, 0.29) is 37.1 Å². The minimum absolute atomic E-state index is 0.114. The Morgan fingerprint density at radius 3 is 2.91 bits per heavy atom. The van der Waals surface area contributed by atoms with E-state index in [1.54, 1.807) is 25.1 Å². The summed E-state index contributed by atoms with van der Waals surface area (Å²) in [7, 11) is 3.08. The van der Waals surface area contributed by atoms with Gasteiger partial charge in [-0.3, -0.25) is 14.6 Å². The highest BCUT2D eigenvalue weighted by atomic mass is 16.5. The normalized spacial score (nSPS) is 21.6.